The molecular formula is C23H25N5O4S2. The lowest BCUT2D eigenvalue weighted by Crippen LogP contribution is -2.45. The maximum Gasteiger partial charge on any atom is 0.273 e. The number of anilines is 2. The number of ether oxygens (including phenoxy) is 1. The third-order valence-corrected chi connectivity index (χ3v) is 7.31. The Hall–Kier alpha value is -3.28. The van der Waals surface area contributed by atoms with Crippen LogP contribution in [0.25, 0.3) is 0 Å². The van der Waals surface area contributed by atoms with Gasteiger partial charge in [-0.15, -0.1) is 11.3 Å². The highest BCUT2D eigenvalue weighted by Crippen LogP contribution is 2.34. The molecule has 34 heavy (non-hydrogen) atoms. The first-order chi connectivity index (χ1) is 16.4. The summed E-state index contributed by atoms with van der Waals surface area (Å²) in [6.07, 6.45) is 1.78. The molecule has 11 heteroatoms. The van der Waals surface area contributed by atoms with Crippen LogP contribution >= 0.6 is 22.9 Å². The molecule has 0 saturated carbocycles. The SMILES string of the molecule is Cc1ccc(N(C(=O)c2snc(C(N)=O)c2N)[C@@H](C(=O)NC[C@@H]2CCCO2)c2cccs2)cc1. The maximum atomic E-state index is 13.9. The monoisotopic (exact) mass is 499 g/mol. The second-order valence-corrected chi connectivity index (χ2v) is 9.70. The van der Waals surface area contributed by atoms with Gasteiger partial charge in [0.1, 0.15) is 4.88 Å². The van der Waals surface area contributed by atoms with Crippen molar-refractivity contribution in [2.45, 2.75) is 31.9 Å². The number of primary amides is 1. The highest BCUT2D eigenvalue weighted by molar-refractivity contribution is 7.10. The Labute approximate surface area is 204 Å². The lowest BCUT2D eigenvalue weighted by atomic mass is 10.1. The molecule has 1 saturated heterocycles. The van der Waals surface area contributed by atoms with Crippen LogP contribution in [0.1, 0.15) is 49.5 Å². The van der Waals surface area contributed by atoms with Crippen molar-refractivity contribution in [3.05, 3.63) is 62.8 Å². The Kier molecular flexibility index (Phi) is 7.25. The standard InChI is InChI=1S/C23H25N5O4S2/c1-13-6-8-14(9-7-13)28(23(31)20-17(24)18(21(25)29)27-34-20)19(16-5-3-11-33-16)22(30)26-12-15-4-2-10-32-15/h3,5-9,11,15,19H,2,4,10,12,24H2,1H3,(H2,25,29)(H,26,30)/t15-,19+/m0/s1. The summed E-state index contributed by atoms with van der Waals surface area (Å²) in [5.74, 6) is -1.71. The zero-order valence-electron chi connectivity index (χ0n) is 18.5. The van der Waals surface area contributed by atoms with E-state index in [1.807, 2.05) is 30.5 Å². The van der Waals surface area contributed by atoms with Crippen LogP contribution in [0.15, 0.2) is 41.8 Å². The molecule has 1 aliphatic rings. The summed E-state index contributed by atoms with van der Waals surface area (Å²) in [6.45, 7) is 2.96. The number of hydrogen-bond acceptors (Lipinski definition) is 8. The van der Waals surface area contributed by atoms with Crippen LogP contribution in [-0.4, -0.2) is 41.4 Å². The number of thiophene rings is 1. The second kappa shape index (κ2) is 10.3. The van der Waals surface area contributed by atoms with Gasteiger partial charge < -0.3 is 21.5 Å². The van der Waals surface area contributed by atoms with E-state index in [0.29, 0.717) is 23.7 Å². The minimum atomic E-state index is -0.963. The van der Waals surface area contributed by atoms with Crippen LogP contribution in [0.3, 0.4) is 0 Å². The number of aryl methyl sites for hydroxylation is 1. The van der Waals surface area contributed by atoms with E-state index >= 15 is 0 Å². The molecule has 0 bridgehead atoms. The van der Waals surface area contributed by atoms with Crippen LogP contribution < -0.4 is 21.7 Å². The molecule has 2 aromatic heterocycles. The van der Waals surface area contributed by atoms with Gasteiger partial charge in [-0.3, -0.25) is 19.3 Å². The number of benzene rings is 1. The molecule has 3 heterocycles. The molecule has 178 valence electrons. The number of nitrogen functional groups attached to an aromatic ring is 1. The number of amides is 3. The van der Waals surface area contributed by atoms with Gasteiger partial charge in [0.2, 0.25) is 5.91 Å². The van der Waals surface area contributed by atoms with Crippen LogP contribution in [0.4, 0.5) is 11.4 Å². The molecule has 3 aromatic rings. The van der Waals surface area contributed by atoms with Gasteiger partial charge in [0.25, 0.3) is 11.8 Å². The van der Waals surface area contributed by atoms with Gasteiger partial charge in [-0.1, -0.05) is 23.8 Å². The van der Waals surface area contributed by atoms with Crippen molar-refractivity contribution in [1.29, 1.82) is 0 Å². The van der Waals surface area contributed by atoms with E-state index in [4.69, 9.17) is 16.2 Å². The highest BCUT2D eigenvalue weighted by atomic mass is 32.1. The molecule has 1 aliphatic heterocycles. The van der Waals surface area contributed by atoms with Gasteiger partial charge in [0, 0.05) is 23.7 Å². The lowest BCUT2D eigenvalue weighted by Gasteiger charge is -2.30. The summed E-state index contributed by atoms with van der Waals surface area (Å²) < 4.78 is 9.59. The van der Waals surface area contributed by atoms with E-state index in [0.717, 1.165) is 29.9 Å². The number of aromatic nitrogens is 1. The van der Waals surface area contributed by atoms with E-state index in [1.165, 1.54) is 16.2 Å². The fraction of sp³-hybridized carbons (Fsp3) is 0.304. The Morgan fingerprint density at radius 2 is 2.03 bits per heavy atom. The van der Waals surface area contributed by atoms with Crippen LogP contribution in [0.5, 0.6) is 0 Å². The summed E-state index contributed by atoms with van der Waals surface area (Å²) in [5.41, 5.74) is 12.7. The van der Waals surface area contributed by atoms with Crippen LogP contribution in [-0.2, 0) is 9.53 Å². The van der Waals surface area contributed by atoms with Crippen molar-refractivity contribution in [3.63, 3.8) is 0 Å². The molecule has 4 rings (SSSR count). The Balaban J connectivity index is 1.75. The highest BCUT2D eigenvalue weighted by Gasteiger charge is 2.36. The van der Waals surface area contributed by atoms with Crippen molar-refractivity contribution >= 4 is 52.0 Å². The van der Waals surface area contributed by atoms with Crippen molar-refractivity contribution < 1.29 is 19.1 Å². The third-order valence-electron chi connectivity index (χ3n) is 5.53. The van der Waals surface area contributed by atoms with Gasteiger partial charge >= 0.3 is 0 Å². The molecule has 0 spiro atoms. The largest absolute Gasteiger partial charge is 0.395 e. The predicted molar refractivity (Wildman–Crippen MR) is 132 cm³/mol. The smallest absolute Gasteiger partial charge is 0.273 e. The van der Waals surface area contributed by atoms with E-state index < -0.39 is 17.9 Å². The quantitative estimate of drug-likeness (QED) is 0.435. The van der Waals surface area contributed by atoms with Crippen LogP contribution in [0.2, 0.25) is 0 Å². The second-order valence-electron chi connectivity index (χ2n) is 7.95. The molecule has 9 nitrogen and oxygen atoms in total. The van der Waals surface area contributed by atoms with E-state index in [9.17, 15) is 14.4 Å². The molecule has 1 fully saturated rings. The molecule has 0 aliphatic carbocycles. The van der Waals surface area contributed by atoms with Gasteiger partial charge in [-0.2, -0.15) is 4.37 Å². The summed E-state index contributed by atoms with van der Waals surface area (Å²) in [4.78, 5) is 41.2. The first-order valence-electron chi connectivity index (χ1n) is 10.7. The Morgan fingerprint density at radius 3 is 2.62 bits per heavy atom. The van der Waals surface area contributed by atoms with Gasteiger partial charge in [0.05, 0.1) is 11.8 Å². The van der Waals surface area contributed by atoms with Gasteiger partial charge in [0.15, 0.2) is 11.7 Å². The predicted octanol–water partition coefficient (Wildman–Crippen LogP) is 2.88. The van der Waals surface area contributed by atoms with Gasteiger partial charge in [-0.25, -0.2) is 0 Å². The Morgan fingerprint density at radius 1 is 1.26 bits per heavy atom. The molecule has 3 amide bonds. The summed E-state index contributed by atoms with van der Waals surface area (Å²) in [5, 5.41) is 4.80. The zero-order chi connectivity index (χ0) is 24.2. The normalized spacial score (nSPS) is 16.2. The van der Waals surface area contributed by atoms with E-state index in [2.05, 4.69) is 9.69 Å². The van der Waals surface area contributed by atoms with Crippen molar-refractivity contribution in [1.82, 2.24) is 9.69 Å². The fourth-order valence-corrected chi connectivity index (χ4v) is 5.32. The van der Waals surface area contributed by atoms with E-state index in [1.54, 1.807) is 18.2 Å². The first kappa shape index (κ1) is 23.9. The van der Waals surface area contributed by atoms with Crippen LogP contribution in [0, 0.1) is 6.92 Å². The van der Waals surface area contributed by atoms with Gasteiger partial charge in [-0.05, 0) is 54.9 Å². The number of hydrogen-bond donors (Lipinski definition) is 3. The molecule has 2 atom stereocenters. The zero-order valence-corrected chi connectivity index (χ0v) is 20.2. The topological polar surface area (TPSA) is 141 Å². The number of nitrogens with two attached hydrogens (primary N) is 2. The first-order valence-corrected chi connectivity index (χ1v) is 12.4. The number of nitrogens with one attached hydrogen (secondary N) is 1. The average molecular weight is 500 g/mol. The minimum absolute atomic E-state index is 0.0443. The number of rotatable bonds is 8. The molecule has 0 unspecified atom stereocenters. The summed E-state index contributed by atoms with van der Waals surface area (Å²) >= 11 is 2.15. The average Bonchev–Trinajstić information content (AvgIpc) is 3.58. The van der Waals surface area contributed by atoms with Crippen molar-refractivity contribution in [2.75, 3.05) is 23.8 Å². The molecule has 1 aromatic carbocycles. The third kappa shape index (κ3) is 4.96. The van der Waals surface area contributed by atoms with E-state index in [-0.39, 0.29) is 28.3 Å². The number of nitrogens with zero attached hydrogens (tertiary/aromatic N) is 2. The summed E-state index contributed by atoms with van der Waals surface area (Å²) in [7, 11) is 0. The van der Waals surface area contributed by atoms with Crippen molar-refractivity contribution in [2.24, 2.45) is 5.73 Å². The fourth-order valence-electron chi connectivity index (χ4n) is 3.76. The molecule has 0 radical (unpaired) electrons. The maximum absolute atomic E-state index is 13.9. The molecular weight excluding hydrogens is 474 g/mol. The number of carbonyl (C=O) groups is 3. The lowest BCUT2D eigenvalue weighted by molar-refractivity contribution is -0.122. The van der Waals surface area contributed by atoms with Crippen molar-refractivity contribution in [3.8, 4) is 0 Å². The molecule has 5 N–H and O–H groups in total. The number of carbonyl (C=O) groups excluding carboxylic acids is 3. The Bertz CT molecular complexity index is 1170. The minimum Gasteiger partial charge on any atom is -0.395 e. The summed E-state index contributed by atoms with van der Waals surface area (Å²) in [6, 6.07) is 9.92.